The number of hydrogen-bond donors (Lipinski definition) is 1. The monoisotopic (exact) mass is 232 g/mol. The first-order valence-electron chi connectivity index (χ1n) is 6.09. The van der Waals surface area contributed by atoms with E-state index in [4.69, 9.17) is 0 Å². The number of rotatable bonds is 3. The van der Waals surface area contributed by atoms with Crippen molar-refractivity contribution in [3.63, 3.8) is 0 Å². The Morgan fingerprint density at radius 2 is 2.18 bits per heavy atom. The zero-order valence-corrected chi connectivity index (χ0v) is 10.8. The van der Waals surface area contributed by atoms with Gasteiger partial charge in [-0.25, -0.2) is 9.97 Å². The molecule has 1 aliphatic rings. The quantitative estimate of drug-likeness (QED) is 0.805. The maximum Gasteiger partial charge on any atom is 0.226 e. The Kier molecular flexibility index (Phi) is 3.74. The molecule has 0 atom stereocenters. The van der Waals surface area contributed by atoms with Crippen LogP contribution < -0.4 is 10.2 Å². The lowest BCUT2D eigenvalue weighted by Gasteiger charge is -2.26. The van der Waals surface area contributed by atoms with Crippen LogP contribution in [0.1, 0.15) is 24.7 Å². The first kappa shape index (κ1) is 12.0. The largest absolute Gasteiger partial charge is 0.337 e. The van der Waals surface area contributed by atoms with Gasteiger partial charge in [0.1, 0.15) is 0 Å². The van der Waals surface area contributed by atoms with Crippen molar-refractivity contribution in [3.05, 3.63) is 29.1 Å². The van der Waals surface area contributed by atoms with E-state index in [1.807, 2.05) is 20.0 Å². The Morgan fingerprint density at radius 3 is 2.88 bits per heavy atom. The molecule has 1 aromatic rings. The highest BCUT2D eigenvalue weighted by Gasteiger charge is 2.14. The number of nitrogens with one attached hydrogen (secondary N) is 1. The molecular formula is C13H20N4. The third-order valence-corrected chi connectivity index (χ3v) is 2.87. The second kappa shape index (κ2) is 5.27. The summed E-state index contributed by atoms with van der Waals surface area (Å²) in [5.74, 6) is 0.864. The SMILES string of the molecule is CNCc1cc(C)nc(N2CCC=C(C)C2)n1. The summed E-state index contributed by atoms with van der Waals surface area (Å²) in [6.07, 6.45) is 3.38. The van der Waals surface area contributed by atoms with Crippen molar-refractivity contribution < 1.29 is 0 Å². The molecule has 0 saturated carbocycles. The van der Waals surface area contributed by atoms with Crippen molar-refractivity contribution in [2.45, 2.75) is 26.8 Å². The van der Waals surface area contributed by atoms with Crippen LogP contribution in [0.15, 0.2) is 17.7 Å². The smallest absolute Gasteiger partial charge is 0.226 e. The zero-order chi connectivity index (χ0) is 12.3. The summed E-state index contributed by atoms with van der Waals surface area (Å²) < 4.78 is 0. The highest BCUT2D eigenvalue weighted by atomic mass is 15.3. The normalized spacial score (nSPS) is 15.9. The Bertz CT molecular complexity index is 425. The molecule has 0 radical (unpaired) electrons. The fraction of sp³-hybridized carbons (Fsp3) is 0.538. The topological polar surface area (TPSA) is 41.1 Å². The van der Waals surface area contributed by atoms with Crippen molar-refractivity contribution >= 4 is 5.95 Å². The molecular weight excluding hydrogens is 212 g/mol. The lowest BCUT2D eigenvalue weighted by Crippen LogP contribution is -2.31. The molecule has 4 heteroatoms. The van der Waals surface area contributed by atoms with E-state index >= 15 is 0 Å². The van der Waals surface area contributed by atoms with E-state index in [2.05, 4.69) is 33.2 Å². The third kappa shape index (κ3) is 3.03. The van der Waals surface area contributed by atoms with Gasteiger partial charge in [-0.2, -0.15) is 0 Å². The molecule has 1 aliphatic heterocycles. The van der Waals surface area contributed by atoms with Crippen LogP contribution in [0.25, 0.3) is 0 Å². The van der Waals surface area contributed by atoms with Gasteiger partial charge in [-0.05, 0) is 33.4 Å². The summed E-state index contributed by atoms with van der Waals surface area (Å²) in [6, 6.07) is 2.03. The van der Waals surface area contributed by atoms with Crippen molar-refractivity contribution in [2.24, 2.45) is 0 Å². The van der Waals surface area contributed by atoms with Gasteiger partial charge in [0.05, 0.1) is 5.69 Å². The van der Waals surface area contributed by atoms with E-state index in [9.17, 15) is 0 Å². The highest BCUT2D eigenvalue weighted by molar-refractivity contribution is 5.36. The maximum atomic E-state index is 4.61. The minimum Gasteiger partial charge on any atom is -0.337 e. The van der Waals surface area contributed by atoms with Crippen molar-refractivity contribution in [2.75, 3.05) is 25.0 Å². The van der Waals surface area contributed by atoms with Crippen LogP contribution in [-0.4, -0.2) is 30.1 Å². The van der Waals surface area contributed by atoms with Crippen LogP contribution in [-0.2, 0) is 6.54 Å². The van der Waals surface area contributed by atoms with Gasteiger partial charge in [-0.3, -0.25) is 0 Å². The molecule has 1 N–H and O–H groups in total. The highest BCUT2D eigenvalue weighted by Crippen LogP contribution is 2.16. The van der Waals surface area contributed by atoms with Gasteiger partial charge in [0, 0.05) is 25.3 Å². The lowest BCUT2D eigenvalue weighted by atomic mass is 10.1. The first-order chi connectivity index (χ1) is 8.19. The molecule has 0 saturated heterocycles. The van der Waals surface area contributed by atoms with Crippen LogP contribution in [0.3, 0.4) is 0 Å². The van der Waals surface area contributed by atoms with Crippen LogP contribution in [0.5, 0.6) is 0 Å². The lowest BCUT2D eigenvalue weighted by molar-refractivity contribution is 0.735. The molecule has 92 valence electrons. The predicted octanol–water partition coefficient (Wildman–Crippen LogP) is 1.66. The summed E-state index contributed by atoms with van der Waals surface area (Å²) in [4.78, 5) is 11.4. The molecule has 1 aromatic heterocycles. The Morgan fingerprint density at radius 1 is 1.35 bits per heavy atom. The maximum absolute atomic E-state index is 4.61. The second-order valence-electron chi connectivity index (χ2n) is 4.59. The molecule has 4 nitrogen and oxygen atoms in total. The molecule has 17 heavy (non-hydrogen) atoms. The molecule has 0 spiro atoms. The van der Waals surface area contributed by atoms with Gasteiger partial charge in [-0.15, -0.1) is 0 Å². The van der Waals surface area contributed by atoms with Gasteiger partial charge in [-0.1, -0.05) is 11.6 Å². The van der Waals surface area contributed by atoms with E-state index in [0.717, 1.165) is 43.4 Å². The van der Waals surface area contributed by atoms with Gasteiger partial charge >= 0.3 is 0 Å². The number of aromatic nitrogens is 2. The third-order valence-electron chi connectivity index (χ3n) is 2.87. The van der Waals surface area contributed by atoms with E-state index in [1.54, 1.807) is 0 Å². The predicted molar refractivity (Wildman–Crippen MR) is 70.1 cm³/mol. The molecule has 0 bridgehead atoms. The average molecular weight is 232 g/mol. The number of hydrogen-bond acceptors (Lipinski definition) is 4. The zero-order valence-electron chi connectivity index (χ0n) is 10.8. The average Bonchev–Trinajstić information content (AvgIpc) is 2.28. The van der Waals surface area contributed by atoms with Gasteiger partial charge in [0.2, 0.25) is 5.95 Å². The van der Waals surface area contributed by atoms with Gasteiger partial charge in [0.25, 0.3) is 0 Å². The van der Waals surface area contributed by atoms with Crippen molar-refractivity contribution in [3.8, 4) is 0 Å². The first-order valence-corrected chi connectivity index (χ1v) is 6.09. The Labute approximate surface area is 103 Å². The second-order valence-corrected chi connectivity index (χ2v) is 4.59. The van der Waals surface area contributed by atoms with Crippen LogP contribution in [0, 0.1) is 6.92 Å². The van der Waals surface area contributed by atoms with E-state index in [-0.39, 0.29) is 0 Å². The summed E-state index contributed by atoms with van der Waals surface area (Å²) in [7, 11) is 1.94. The number of anilines is 1. The molecule has 0 amide bonds. The summed E-state index contributed by atoms with van der Waals surface area (Å²) in [5.41, 5.74) is 3.49. The van der Waals surface area contributed by atoms with Gasteiger partial charge in [0.15, 0.2) is 0 Å². The molecule has 0 unspecified atom stereocenters. The van der Waals surface area contributed by atoms with Crippen LogP contribution >= 0.6 is 0 Å². The fourth-order valence-electron chi connectivity index (χ4n) is 2.11. The van der Waals surface area contributed by atoms with Crippen LogP contribution in [0.2, 0.25) is 0 Å². The van der Waals surface area contributed by atoms with Crippen molar-refractivity contribution in [1.82, 2.24) is 15.3 Å². The Balaban J connectivity index is 2.22. The van der Waals surface area contributed by atoms with E-state index in [0.29, 0.717) is 0 Å². The molecule has 0 aliphatic carbocycles. The standard InChI is InChI=1S/C13H20N4/c1-10-5-4-6-17(9-10)13-15-11(2)7-12(16-13)8-14-3/h5,7,14H,4,6,8-9H2,1-3H3. The molecule has 2 heterocycles. The fourth-order valence-corrected chi connectivity index (χ4v) is 2.11. The minimum absolute atomic E-state index is 0.791. The Hall–Kier alpha value is -1.42. The number of aryl methyl sites for hydroxylation is 1. The number of nitrogens with zero attached hydrogens (tertiary/aromatic N) is 3. The van der Waals surface area contributed by atoms with Gasteiger partial charge < -0.3 is 10.2 Å². The molecule has 0 aromatic carbocycles. The minimum atomic E-state index is 0.791. The van der Waals surface area contributed by atoms with E-state index < -0.39 is 0 Å². The summed E-state index contributed by atoms with van der Waals surface area (Å²) >= 11 is 0. The van der Waals surface area contributed by atoms with Crippen LogP contribution in [0.4, 0.5) is 5.95 Å². The summed E-state index contributed by atoms with van der Waals surface area (Å²) in [6.45, 7) is 6.94. The van der Waals surface area contributed by atoms with Crippen molar-refractivity contribution in [1.29, 1.82) is 0 Å². The van der Waals surface area contributed by atoms with E-state index in [1.165, 1.54) is 5.57 Å². The molecule has 2 rings (SSSR count). The summed E-state index contributed by atoms with van der Waals surface area (Å²) in [5, 5.41) is 3.13. The molecule has 0 fully saturated rings.